The van der Waals surface area contributed by atoms with Crippen LogP contribution < -0.4 is 10.5 Å². The number of benzene rings is 1. The molecule has 0 saturated heterocycles. The molecule has 6 nitrogen and oxygen atoms in total. The highest BCUT2D eigenvalue weighted by Gasteiger charge is 2.21. The average molecular weight is 321 g/mol. The first-order chi connectivity index (χ1) is 8.95. The number of aromatic nitrogens is 2. The highest BCUT2D eigenvalue weighted by Crippen LogP contribution is 2.31. The average Bonchev–Trinajstić information content (AvgIpc) is 2.81. The predicted octanol–water partition coefficient (Wildman–Crippen LogP) is 1.98. The van der Waals surface area contributed by atoms with Crippen molar-refractivity contribution < 1.29 is 8.42 Å². The summed E-state index contributed by atoms with van der Waals surface area (Å²) in [6, 6.07) is 2.77. The number of aromatic amines is 1. The van der Waals surface area contributed by atoms with E-state index in [0.717, 1.165) is 0 Å². The molecule has 0 aliphatic carbocycles. The zero-order valence-electron chi connectivity index (χ0n) is 9.52. The van der Waals surface area contributed by atoms with Crippen molar-refractivity contribution in [2.45, 2.75) is 11.4 Å². The summed E-state index contributed by atoms with van der Waals surface area (Å²) in [7, 11) is -3.82. The molecular weight excluding hydrogens is 311 g/mol. The highest BCUT2D eigenvalue weighted by atomic mass is 35.5. The van der Waals surface area contributed by atoms with Crippen molar-refractivity contribution in [1.29, 1.82) is 0 Å². The van der Waals surface area contributed by atoms with Crippen LogP contribution in [0.15, 0.2) is 29.4 Å². The SMILES string of the molecule is NCc1c(Cl)ccc(S(=O)(=O)Nc2cn[nH]c2)c1Cl. The third-order valence-corrected chi connectivity index (χ3v) is 4.72. The Kier molecular flexibility index (Phi) is 4.00. The number of sulfonamides is 1. The van der Waals surface area contributed by atoms with Crippen molar-refractivity contribution in [1.82, 2.24) is 10.2 Å². The third kappa shape index (κ3) is 2.84. The van der Waals surface area contributed by atoms with Crippen LogP contribution in [0.25, 0.3) is 0 Å². The summed E-state index contributed by atoms with van der Waals surface area (Å²) < 4.78 is 26.7. The first-order valence-electron chi connectivity index (χ1n) is 5.14. The molecular formula is C10H10Cl2N4O2S. The summed E-state index contributed by atoms with van der Waals surface area (Å²) in [5.74, 6) is 0. The van der Waals surface area contributed by atoms with Gasteiger partial charge in [0.1, 0.15) is 4.90 Å². The van der Waals surface area contributed by atoms with Crippen LogP contribution in [0.2, 0.25) is 10.0 Å². The molecule has 2 rings (SSSR count). The van der Waals surface area contributed by atoms with Gasteiger partial charge >= 0.3 is 0 Å². The first-order valence-corrected chi connectivity index (χ1v) is 7.38. The zero-order chi connectivity index (χ0) is 14.0. The van der Waals surface area contributed by atoms with Gasteiger partial charge in [0.25, 0.3) is 10.0 Å². The molecule has 0 aliphatic rings. The van der Waals surface area contributed by atoms with Gasteiger partial charge < -0.3 is 5.73 Å². The first kappa shape index (κ1) is 14.1. The van der Waals surface area contributed by atoms with Gasteiger partial charge in [-0.3, -0.25) is 9.82 Å². The molecule has 0 amide bonds. The minimum Gasteiger partial charge on any atom is -0.326 e. The molecule has 0 aliphatic heterocycles. The number of hydrogen-bond donors (Lipinski definition) is 3. The molecule has 102 valence electrons. The van der Waals surface area contributed by atoms with Crippen molar-refractivity contribution >= 4 is 38.9 Å². The van der Waals surface area contributed by atoms with Crippen LogP contribution >= 0.6 is 23.2 Å². The number of rotatable bonds is 4. The van der Waals surface area contributed by atoms with Crippen molar-refractivity contribution in [3.63, 3.8) is 0 Å². The fourth-order valence-corrected chi connectivity index (χ4v) is 3.46. The second kappa shape index (κ2) is 5.38. The van der Waals surface area contributed by atoms with E-state index in [9.17, 15) is 8.42 Å². The van der Waals surface area contributed by atoms with Crippen LogP contribution in [0, 0.1) is 0 Å². The molecule has 2 aromatic rings. The number of hydrogen-bond acceptors (Lipinski definition) is 4. The number of H-pyrrole nitrogens is 1. The lowest BCUT2D eigenvalue weighted by molar-refractivity contribution is 0.601. The maximum Gasteiger partial charge on any atom is 0.263 e. The fourth-order valence-electron chi connectivity index (χ4n) is 1.49. The topological polar surface area (TPSA) is 101 Å². The summed E-state index contributed by atoms with van der Waals surface area (Å²) in [5, 5.41) is 6.49. The van der Waals surface area contributed by atoms with Crippen molar-refractivity contribution in [2.75, 3.05) is 4.72 Å². The van der Waals surface area contributed by atoms with E-state index in [1.807, 2.05) is 0 Å². The van der Waals surface area contributed by atoms with Crippen LogP contribution in [0.1, 0.15) is 5.56 Å². The number of nitrogens with zero attached hydrogens (tertiary/aromatic N) is 1. The van der Waals surface area contributed by atoms with E-state index < -0.39 is 10.0 Å². The molecule has 4 N–H and O–H groups in total. The van der Waals surface area contributed by atoms with Crippen LogP contribution in [-0.2, 0) is 16.6 Å². The Balaban J connectivity index is 2.47. The van der Waals surface area contributed by atoms with Crippen LogP contribution in [0.5, 0.6) is 0 Å². The number of anilines is 1. The van der Waals surface area contributed by atoms with E-state index in [0.29, 0.717) is 16.3 Å². The Bertz CT molecular complexity index is 686. The van der Waals surface area contributed by atoms with Gasteiger partial charge in [-0.2, -0.15) is 5.10 Å². The molecule has 0 unspecified atom stereocenters. The maximum atomic E-state index is 12.2. The minimum atomic E-state index is -3.82. The van der Waals surface area contributed by atoms with Gasteiger partial charge in [-0.05, 0) is 12.1 Å². The van der Waals surface area contributed by atoms with Gasteiger partial charge in [0.15, 0.2) is 0 Å². The summed E-state index contributed by atoms with van der Waals surface area (Å²) in [5.41, 5.74) is 6.19. The smallest absolute Gasteiger partial charge is 0.263 e. The van der Waals surface area contributed by atoms with Gasteiger partial charge in [-0.15, -0.1) is 0 Å². The second-order valence-electron chi connectivity index (χ2n) is 3.63. The van der Waals surface area contributed by atoms with Crippen LogP contribution in [0.4, 0.5) is 5.69 Å². The van der Waals surface area contributed by atoms with Gasteiger partial charge in [-0.25, -0.2) is 8.42 Å². The van der Waals surface area contributed by atoms with E-state index >= 15 is 0 Å². The fraction of sp³-hybridized carbons (Fsp3) is 0.100. The molecule has 1 aromatic heterocycles. The lowest BCUT2D eigenvalue weighted by Crippen LogP contribution is -2.14. The summed E-state index contributed by atoms with van der Waals surface area (Å²) in [6.45, 7) is 0.0484. The van der Waals surface area contributed by atoms with E-state index in [1.54, 1.807) is 0 Å². The summed E-state index contributed by atoms with van der Waals surface area (Å²) in [4.78, 5) is -0.0831. The van der Waals surface area contributed by atoms with Crippen LogP contribution in [0.3, 0.4) is 0 Å². The molecule has 0 saturated carbocycles. The molecule has 1 heterocycles. The van der Waals surface area contributed by atoms with E-state index in [1.165, 1.54) is 24.5 Å². The molecule has 19 heavy (non-hydrogen) atoms. The van der Waals surface area contributed by atoms with Gasteiger partial charge in [0.05, 0.1) is 16.9 Å². The minimum absolute atomic E-state index is 0.0194. The molecule has 0 fully saturated rings. The van der Waals surface area contributed by atoms with Crippen molar-refractivity contribution in [3.8, 4) is 0 Å². The van der Waals surface area contributed by atoms with E-state index in [4.69, 9.17) is 28.9 Å². The maximum absolute atomic E-state index is 12.2. The number of nitrogens with one attached hydrogen (secondary N) is 2. The Morgan fingerprint density at radius 3 is 2.68 bits per heavy atom. The lowest BCUT2D eigenvalue weighted by atomic mass is 10.2. The molecule has 9 heteroatoms. The Hall–Kier alpha value is -1.28. The number of nitrogens with two attached hydrogens (primary N) is 1. The van der Waals surface area contributed by atoms with Crippen molar-refractivity contribution in [2.24, 2.45) is 5.73 Å². The molecule has 0 radical (unpaired) electrons. The predicted molar refractivity (Wildman–Crippen MR) is 73.7 cm³/mol. The normalized spacial score (nSPS) is 11.5. The molecule has 1 aromatic carbocycles. The van der Waals surface area contributed by atoms with Gasteiger partial charge in [-0.1, -0.05) is 23.2 Å². The zero-order valence-corrected chi connectivity index (χ0v) is 11.9. The standard InChI is InChI=1S/C10H10Cl2N4O2S/c11-8-1-2-9(10(12)7(8)3-13)19(17,18)16-6-4-14-15-5-6/h1-2,4-5,16H,3,13H2,(H,14,15). The molecule has 0 atom stereocenters. The third-order valence-electron chi connectivity index (χ3n) is 2.39. The van der Waals surface area contributed by atoms with Crippen LogP contribution in [-0.4, -0.2) is 18.6 Å². The van der Waals surface area contributed by atoms with E-state index in [-0.39, 0.29) is 16.5 Å². The van der Waals surface area contributed by atoms with Gasteiger partial charge in [0, 0.05) is 23.3 Å². The summed E-state index contributed by atoms with van der Waals surface area (Å²) in [6.07, 6.45) is 2.75. The Labute approximate surface area is 120 Å². The van der Waals surface area contributed by atoms with Gasteiger partial charge in [0.2, 0.25) is 0 Å². The lowest BCUT2D eigenvalue weighted by Gasteiger charge is -2.11. The highest BCUT2D eigenvalue weighted by molar-refractivity contribution is 7.92. The monoisotopic (exact) mass is 320 g/mol. The summed E-state index contributed by atoms with van der Waals surface area (Å²) >= 11 is 11.9. The van der Waals surface area contributed by atoms with Crippen molar-refractivity contribution in [3.05, 3.63) is 40.1 Å². The quantitative estimate of drug-likeness (QED) is 0.801. The second-order valence-corrected chi connectivity index (χ2v) is 6.07. The number of halogens is 2. The Morgan fingerprint density at radius 1 is 1.37 bits per heavy atom. The molecule has 0 spiro atoms. The Morgan fingerprint density at radius 2 is 2.11 bits per heavy atom. The largest absolute Gasteiger partial charge is 0.326 e. The molecule has 0 bridgehead atoms. The van der Waals surface area contributed by atoms with E-state index in [2.05, 4.69) is 14.9 Å².